The Labute approximate surface area is 180 Å². The van der Waals surface area contributed by atoms with Gasteiger partial charge in [-0.1, -0.05) is 45.0 Å². The van der Waals surface area contributed by atoms with Gasteiger partial charge in [-0.05, 0) is 60.4 Å². The van der Waals surface area contributed by atoms with Gasteiger partial charge >= 0.3 is 0 Å². The molecule has 2 N–H and O–H groups in total. The molecule has 0 atom stereocenters. The SMILES string of the molecule is CC(C)(C)[Si](C)(C)Oc1ccc(N)cc1-c1ccc(CN2CCCC(F)(F)C2)cc1. The molecule has 0 radical (unpaired) electrons. The van der Waals surface area contributed by atoms with Crippen LogP contribution in [-0.2, 0) is 6.54 Å². The third kappa shape index (κ3) is 5.41. The Morgan fingerprint density at radius 2 is 1.77 bits per heavy atom. The first-order chi connectivity index (χ1) is 13.9. The van der Waals surface area contributed by atoms with Gasteiger partial charge in [0.15, 0.2) is 0 Å². The van der Waals surface area contributed by atoms with Gasteiger partial charge in [0.2, 0.25) is 0 Å². The highest BCUT2D eigenvalue weighted by Crippen LogP contribution is 2.41. The maximum Gasteiger partial charge on any atom is 0.260 e. The first kappa shape index (κ1) is 22.8. The zero-order chi connectivity index (χ0) is 22.2. The largest absolute Gasteiger partial charge is 0.543 e. The second-order valence-corrected chi connectivity index (χ2v) is 14.7. The number of hydrogen-bond donors (Lipinski definition) is 1. The molecule has 6 heteroatoms. The molecule has 164 valence electrons. The molecule has 0 saturated carbocycles. The normalized spacial score (nSPS) is 17.7. The average Bonchev–Trinajstić information content (AvgIpc) is 2.62. The molecule has 0 aromatic heterocycles. The molecule has 1 saturated heterocycles. The highest BCUT2D eigenvalue weighted by atomic mass is 28.4. The van der Waals surface area contributed by atoms with Crippen LogP contribution in [0.3, 0.4) is 0 Å². The van der Waals surface area contributed by atoms with Gasteiger partial charge in [-0.25, -0.2) is 8.78 Å². The van der Waals surface area contributed by atoms with E-state index >= 15 is 0 Å². The van der Waals surface area contributed by atoms with E-state index < -0.39 is 14.2 Å². The molecular weight excluding hydrogens is 398 g/mol. The van der Waals surface area contributed by atoms with Crippen LogP contribution < -0.4 is 10.2 Å². The predicted octanol–water partition coefficient (Wildman–Crippen LogP) is 6.55. The van der Waals surface area contributed by atoms with E-state index in [9.17, 15) is 8.78 Å². The van der Waals surface area contributed by atoms with Crippen LogP contribution in [0.5, 0.6) is 5.75 Å². The van der Waals surface area contributed by atoms with E-state index in [2.05, 4.69) is 33.9 Å². The summed E-state index contributed by atoms with van der Waals surface area (Å²) in [4.78, 5) is 1.84. The fraction of sp³-hybridized carbons (Fsp3) is 0.500. The number of nitrogens with zero attached hydrogens (tertiary/aromatic N) is 1. The fourth-order valence-electron chi connectivity index (χ4n) is 3.52. The quantitative estimate of drug-likeness (QED) is 0.430. The highest BCUT2D eigenvalue weighted by molar-refractivity contribution is 6.74. The van der Waals surface area contributed by atoms with Gasteiger partial charge in [-0.2, -0.15) is 0 Å². The second-order valence-electron chi connectivity index (χ2n) is 9.99. The van der Waals surface area contributed by atoms with Crippen molar-refractivity contribution < 1.29 is 13.2 Å². The van der Waals surface area contributed by atoms with Crippen molar-refractivity contribution in [2.45, 2.75) is 64.2 Å². The average molecular weight is 433 g/mol. The first-order valence-corrected chi connectivity index (χ1v) is 13.6. The van der Waals surface area contributed by atoms with E-state index in [-0.39, 0.29) is 18.0 Å². The number of halogens is 2. The van der Waals surface area contributed by atoms with Crippen LogP contribution in [0.2, 0.25) is 18.1 Å². The van der Waals surface area contributed by atoms with E-state index in [1.54, 1.807) is 0 Å². The van der Waals surface area contributed by atoms with Crippen LogP contribution in [0.15, 0.2) is 42.5 Å². The minimum absolute atomic E-state index is 0.00509. The fourth-order valence-corrected chi connectivity index (χ4v) is 4.55. The van der Waals surface area contributed by atoms with Crippen LogP contribution in [0.25, 0.3) is 11.1 Å². The lowest BCUT2D eigenvalue weighted by Gasteiger charge is -2.37. The van der Waals surface area contributed by atoms with Gasteiger partial charge in [0.25, 0.3) is 14.2 Å². The Balaban J connectivity index is 1.81. The summed E-state index contributed by atoms with van der Waals surface area (Å²) >= 11 is 0. The van der Waals surface area contributed by atoms with E-state index in [1.807, 2.05) is 47.4 Å². The van der Waals surface area contributed by atoms with E-state index in [0.717, 1.165) is 29.0 Å². The van der Waals surface area contributed by atoms with Crippen molar-refractivity contribution in [3.05, 3.63) is 48.0 Å². The maximum atomic E-state index is 13.7. The lowest BCUT2D eigenvalue weighted by atomic mass is 10.0. The molecule has 1 aliphatic rings. The van der Waals surface area contributed by atoms with Gasteiger partial charge in [-0.3, -0.25) is 4.90 Å². The topological polar surface area (TPSA) is 38.5 Å². The Hall–Kier alpha value is -1.92. The van der Waals surface area contributed by atoms with Crippen molar-refractivity contribution >= 4 is 14.0 Å². The summed E-state index contributed by atoms with van der Waals surface area (Å²) < 4.78 is 33.9. The molecule has 3 rings (SSSR count). The van der Waals surface area contributed by atoms with Crippen molar-refractivity contribution in [2.75, 3.05) is 18.8 Å². The third-order valence-corrected chi connectivity index (χ3v) is 10.7. The predicted molar refractivity (Wildman–Crippen MR) is 124 cm³/mol. The molecule has 2 aromatic carbocycles. The minimum Gasteiger partial charge on any atom is -0.543 e. The molecule has 0 bridgehead atoms. The Morgan fingerprint density at radius 1 is 1.10 bits per heavy atom. The van der Waals surface area contributed by atoms with Gasteiger partial charge < -0.3 is 10.2 Å². The monoisotopic (exact) mass is 432 g/mol. The minimum atomic E-state index is -2.57. The lowest BCUT2D eigenvalue weighted by Crippen LogP contribution is -2.44. The number of hydrogen-bond acceptors (Lipinski definition) is 3. The van der Waals surface area contributed by atoms with E-state index in [0.29, 0.717) is 18.7 Å². The molecule has 2 aromatic rings. The molecule has 0 unspecified atom stereocenters. The van der Waals surface area contributed by atoms with Crippen LogP contribution in [-0.4, -0.2) is 32.2 Å². The highest BCUT2D eigenvalue weighted by Gasteiger charge is 2.39. The Morgan fingerprint density at radius 3 is 2.37 bits per heavy atom. The molecule has 0 aliphatic carbocycles. The Kier molecular flexibility index (Phi) is 6.30. The zero-order valence-corrected chi connectivity index (χ0v) is 19.8. The van der Waals surface area contributed by atoms with Crippen molar-refractivity contribution in [3.63, 3.8) is 0 Å². The first-order valence-electron chi connectivity index (χ1n) is 10.6. The van der Waals surface area contributed by atoms with Crippen LogP contribution in [0.1, 0.15) is 39.2 Å². The molecule has 1 heterocycles. The summed E-state index contributed by atoms with van der Waals surface area (Å²) in [5, 5.41) is 0.0893. The standard InChI is InChI=1S/C24H34F2N2OSi/c1-23(2,3)30(4,5)29-22-12-11-20(27)15-21(22)19-9-7-18(8-10-19)16-28-14-6-13-24(25,26)17-28/h7-12,15H,6,13-14,16-17,27H2,1-5H3. The van der Waals surface area contributed by atoms with Crippen LogP contribution >= 0.6 is 0 Å². The number of benzene rings is 2. The summed E-state index contributed by atoms with van der Waals surface area (Å²) in [6, 6.07) is 13.9. The number of alkyl halides is 2. The summed E-state index contributed by atoms with van der Waals surface area (Å²) in [6.45, 7) is 12.2. The lowest BCUT2D eigenvalue weighted by molar-refractivity contribution is -0.0661. The Bertz CT molecular complexity index is 876. The molecule has 1 aliphatic heterocycles. The molecule has 3 nitrogen and oxygen atoms in total. The molecule has 30 heavy (non-hydrogen) atoms. The van der Waals surface area contributed by atoms with E-state index in [1.165, 1.54) is 0 Å². The second kappa shape index (κ2) is 8.31. The molecule has 1 fully saturated rings. The van der Waals surface area contributed by atoms with Gasteiger partial charge in [0.1, 0.15) is 5.75 Å². The van der Waals surface area contributed by atoms with Gasteiger partial charge in [-0.15, -0.1) is 0 Å². The van der Waals surface area contributed by atoms with Crippen LogP contribution in [0.4, 0.5) is 14.5 Å². The summed E-state index contributed by atoms with van der Waals surface area (Å²) in [7, 11) is -2.00. The summed E-state index contributed by atoms with van der Waals surface area (Å²) in [5.41, 5.74) is 9.78. The third-order valence-electron chi connectivity index (χ3n) is 6.32. The number of anilines is 1. The van der Waals surface area contributed by atoms with Gasteiger partial charge in [0.05, 0.1) is 6.54 Å². The number of likely N-dealkylation sites (tertiary alicyclic amines) is 1. The van der Waals surface area contributed by atoms with Crippen molar-refractivity contribution in [1.82, 2.24) is 4.90 Å². The van der Waals surface area contributed by atoms with E-state index in [4.69, 9.17) is 10.2 Å². The van der Waals surface area contributed by atoms with Gasteiger partial charge in [0, 0.05) is 24.2 Å². The van der Waals surface area contributed by atoms with Crippen molar-refractivity contribution in [1.29, 1.82) is 0 Å². The molecule has 0 spiro atoms. The van der Waals surface area contributed by atoms with Crippen LogP contribution in [0, 0.1) is 0 Å². The summed E-state index contributed by atoms with van der Waals surface area (Å²) in [6.07, 6.45) is 0.539. The molecular formula is C24H34F2N2OSi. The smallest absolute Gasteiger partial charge is 0.260 e. The number of nitrogens with two attached hydrogens (primary N) is 1. The number of rotatable bonds is 5. The number of piperidine rings is 1. The number of nitrogen functional groups attached to an aromatic ring is 1. The van der Waals surface area contributed by atoms with Crippen molar-refractivity contribution in [3.8, 4) is 16.9 Å². The van der Waals surface area contributed by atoms with Crippen molar-refractivity contribution in [2.24, 2.45) is 0 Å². The summed E-state index contributed by atoms with van der Waals surface area (Å²) in [5.74, 6) is -1.73. The maximum absolute atomic E-state index is 13.7. The molecule has 0 amide bonds. The zero-order valence-electron chi connectivity index (χ0n) is 18.8.